The molecule has 0 aliphatic carbocycles. The lowest BCUT2D eigenvalue weighted by molar-refractivity contribution is -0.146. The van der Waals surface area contributed by atoms with Gasteiger partial charge in [-0.3, -0.25) is 19.2 Å². The number of nitrogens with zero attached hydrogens (tertiary/aromatic N) is 1. The van der Waals surface area contributed by atoms with Crippen molar-refractivity contribution in [3.8, 4) is 6.07 Å². The van der Waals surface area contributed by atoms with Crippen molar-refractivity contribution < 1.29 is 33.4 Å². The number of nitriles is 1. The molecule has 12 heteroatoms. The number of esters is 2. The first-order valence-electron chi connectivity index (χ1n) is 11.6. The van der Waals surface area contributed by atoms with Crippen LogP contribution in [0, 0.1) is 11.3 Å². The third-order valence-electron chi connectivity index (χ3n) is 4.71. The second-order valence-corrected chi connectivity index (χ2v) is 7.93. The van der Waals surface area contributed by atoms with Gasteiger partial charge in [-0.1, -0.05) is 60.7 Å². The quantitative estimate of drug-likeness (QED) is 0.305. The molecule has 38 heavy (non-hydrogen) atoms. The van der Waals surface area contributed by atoms with Gasteiger partial charge in [-0.05, 0) is 11.1 Å². The molecule has 2 N–H and O–H groups in total. The molecule has 4 radical (unpaired) electrons. The van der Waals surface area contributed by atoms with E-state index in [9.17, 15) is 19.2 Å². The van der Waals surface area contributed by atoms with Crippen LogP contribution in [0.4, 0.5) is 9.59 Å². The lowest BCUT2D eigenvalue weighted by Crippen LogP contribution is -2.39. The SMILES string of the molecule is [B]C(=O)NC(CC#N)CC(=O)OCc1ccccc1.[B]C(=O)NC(COC)CC(=O)OCc1ccccc1. The minimum atomic E-state index is -0.767. The Kier molecular flexibility index (Phi) is 16.0. The van der Waals surface area contributed by atoms with Gasteiger partial charge in [-0.15, -0.1) is 0 Å². The number of hydrogen-bond donors (Lipinski definition) is 2. The van der Waals surface area contributed by atoms with Crippen molar-refractivity contribution in [2.75, 3.05) is 13.7 Å². The fourth-order valence-electron chi connectivity index (χ4n) is 3.04. The van der Waals surface area contributed by atoms with Crippen LogP contribution < -0.4 is 10.6 Å². The molecule has 0 fully saturated rings. The number of methoxy groups -OCH3 is 1. The van der Waals surface area contributed by atoms with Gasteiger partial charge in [-0.25, -0.2) is 0 Å². The van der Waals surface area contributed by atoms with E-state index >= 15 is 0 Å². The summed E-state index contributed by atoms with van der Waals surface area (Å²) in [6.07, 6.45) is -0.0592. The summed E-state index contributed by atoms with van der Waals surface area (Å²) in [5, 5.41) is 13.3. The molecule has 0 aromatic heterocycles. The highest BCUT2D eigenvalue weighted by Gasteiger charge is 2.16. The molecule has 2 aromatic carbocycles. The maximum Gasteiger partial charge on any atom is 0.308 e. The molecule has 2 atom stereocenters. The minimum Gasteiger partial charge on any atom is -0.461 e. The minimum absolute atomic E-state index is 0.00335. The van der Waals surface area contributed by atoms with Gasteiger partial charge < -0.3 is 24.8 Å². The molecule has 10 nitrogen and oxygen atoms in total. The van der Waals surface area contributed by atoms with Crippen LogP contribution in [0.2, 0.25) is 0 Å². The highest BCUT2D eigenvalue weighted by molar-refractivity contribution is 6.57. The fraction of sp³-hybridized carbons (Fsp3) is 0.346. The van der Waals surface area contributed by atoms with Gasteiger partial charge >= 0.3 is 11.9 Å². The lowest BCUT2D eigenvalue weighted by Gasteiger charge is -2.16. The fourth-order valence-corrected chi connectivity index (χ4v) is 3.04. The summed E-state index contributed by atoms with van der Waals surface area (Å²) < 4.78 is 15.0. The van der Waals surface area contributed by atoms with Crippen LogP contribution in [-0.2, 0) is 37.0 Å². The molecular weight excluding hydrogens is 488 g/mol. The van der Waals surface area contributed by atoms with Gasteiger partial charge in [0.15, 0.2) is 11.6 Å². The van der Waals surface area contributed by atoms with E-state index < -0.39 is 35.6 Å². The van der Waals surface area contributed by atoms with Crippen LogP contribution >= 0.6 is 0 Å². The van der Waals surface area contributed by atoms with Gasteiger partial charge in [0.05, 0.1) is 44.0 Å². The summed E-state index contributed by atoms with van der Waals surface area (Å²) in [5.74, 6) is -2.37. The Hall–Kier alpha value is -4.10. The van der Waals surface area contributed by atoms with Crippen LogP contribution in [0.25, 0.3) is 0 Å². The molecule has 2 unspecified atom stereocenters. The zero-order valence-electron chi connectivity index (χ0n) is 21.1. The summed E-state index contributed by atoms with van der Waals surface area (Å²) in [6, 6.07) is 19.3. The first kappa shape index (κ1) is 31.9. The zero-order chi connectivity index (χ0) is 28.2. The van der Waals surface area contributed by atoms with Crippen molar-refractivity contribution in [2.24, 2.45) is 0 Å². The van der Waals surface area contributed by atoms with Gasteiger partial charge in [-0.2, -0.15) is 5.26 Å². The van der Waals surface area contributed by atoms with Gasteiger partial charge in [0, 0.05) is 7.11 Å². The summed E-state index contributed by atoms with van der Waals surface area (Å²) in [5.41, 5.74) is 1.78. The molecule has 196 valence electrons. The molecule has 0 aliphatic heterocycles. The predicted octanol–water partition coefficient (Wildman–Crippen LogP) is 2.29. The number of rotatable bonds is 13. The van der Waals surface area contributed by atoms with E-state index in [0.29, 0.717) is 0 Å². The van der Waals surface area contributed by atoms with Crippen molar-refractivity contribution in [1.82, 2.24) is 10.6 Å². The smallest absolute Gasteiger partial charge is 0.308 e. The van der Waals surface area contributed by atoms with Crippen molar-refractivity contribution >= 4 is 39.2 Å². The number of carbonyl (C=O) groups is 4. The van der Waals surface area contributed by atoms with E-state index in [1.807, 2.05) is 66.7 Å². The molecule has 2 amide bonds. The standard InChI is InChI=1S/C13H13BN2O3.C13H16BNO4/c14-13(18)16-11(6-7-15)8-12(17)19-9-10-4-2-1-3-5-10;1-18-9-11(15-13(14)17)7-12(16)19-8-10-5-3-2-4-6-10/h1-5,11H,6,8-9H2,(H,16,18);2-6,11H,7-9H2,1H3,(H,15,17). The largest absolute Gasteiger partial charge is 0.461 e. The first-order valence-corrected chi connectivity index (χ1v) is 11.6. The highest BCUT2D eigenvalue weighted by Crippen LogP contribution is 2.05. The molecule has 0 bridgehead atoms. The number of carbonyl (C=O) groups excluding carboxylic acids is 4. The molecule has 0 spiro atoms. The second-order valence-electron chi connectivity index (χ2n) is 7.93. The summed E-state index contributed by atoms with van der Waals surface area (Å²) in [6.45, 7) is 0.564. The maximum atomic E-state index is 11.6. The first-order chi connectivity index (χ1) is 18.2. The van der Waals surface area contributed by atoms with Crippen LogP contribution in [-0.4, -0.2) is 65.0 Å². The summed E-state index contributed by atoms with van der Waals surface area (Å²) in [7, 11) is 11.4. The Balaban J connectivity index is 0.000000380. The lowest BCUT2D eigenvalue weighted by atomic mass is 10.1. The average molecular weight is 517 g/mol. The number of ether oxygens (including phenoxy) is 3. The number of amides is 2. The Morgan fingerprint density at radius 2 is 1.21 bits per heavy atom. The van der Waals surface area contributed by atoms with E-state index in [1.54, 1.807) is 0 Å². The van der Waals surface area contributed by atoms with E-state index in [0.717, 1.165) is 11.1 Å². The summed E-state index contributed by atoms with van der Waals surface area (Å²) >= 11 is 0. The van der Waals surface area contributed by atoms with Crippen molar-refractivity contribution in [2.45, 2.75) is 44.6 Å². The normalized spacial score (nSPS) is 11.4. The zero-order valence-corrected chi connectivity index (χ0v) is 21.1. The van der Waals surface area contributed by atoms with Crippen molar-refractivity contribution in [3.05, 3.63) is 71.8 Å². The van der Waals surface area contributed by atoms with Crippen LogP contribution in [0.15, 0.2) is 60.7 Å². The Labute approximate surface area is 224 Å². The van der Waals surface area contributed by atoms with Crippen LogP contribution in [0.1, 0.15) is 30.4 Å². The van der Waals surface area contributed by atoms with Gasteiger partial charge in [0.1, 0.15) is 13.2 Å². The van der Waals surface area contributed by atoms with Gasteiger partial charge in [0.25, 0.3) is 0 Å². The van der Waals surface area contributed by atoms with Gasteiger partial charge in [0.2, 0.25) is 15.7 Å². The average Bonchev–Trinajstić information content (AvgIpc) is 2.87. The third kappa shape index (κ3) is 15.8. The third-order valence-corrected chi connectivity index (χ3v) is 4.71. The molecule has 0 saturated carbocycles. The molecule has 2 aromatic rings. The maximum absolute atomic E-state index is 11.6. The molecule has 0 heterocycles. The monoisotopic (exact) mass is 517 g/mol. The van der Waals surface area contributed by atoms with Crippen molar-refractivity contribution in [3.63, 3.8) is 0 Å². The Morgan fingerprint density at radius 1 is 0.789 bits per heavy atom. The Bertz CT molecular complexity index is 1050. The topological polar surface area (TPSA) is 144 Å². The predicted molar refractivity (Wildman–Crippen MR) is 140 cm³/mol. The summed E-state index contributed by atoms with van der Waals surface area (Å²) in [4.78, 5) is 44.6. The van der Waals surface area contributed by atoms with E-state index in [4.69, 9.17) is 35.2 Å². The molecule has 0 aliphatic rings. The highest BCUT2D eigenvalue weighted by atomic mass is 16.5. The molecular formula is C26H29B2N3O7. The van der Waals surface area contributed by atoms with E-state index in [2.05, 4.69) is 10.6 Å². The van der Waals surface area contributed by atoms with E-state index in [1.165, 1.54) is 7.11 Å². The van der Waals surface area contributed by atoms with Crippen LogP contribution in [0.3, 0.4) is 0 Å². The van der Waals surface area contributed by atoms with Crippen molar-refractivity contribution in [1.29, 1.82) is 5.26 Å². The molecule has 2 rings (SSSR count). The number of benzene rings is 2. The van der Waals surface area contributed by atoms with Crippen LogP contribution in [0.5, 0.6) is 0 Å². The van der Waals surface area contributed by atoms with E-state index in [-0.39, 0.29) is 39.1 Å². The number of hydrogen-bond acceptors (Lipinski definition) is 8. The number of nitrogens with one attached hydrogen (secondary N) is 2. The molecule has 0 saturated heterocycles. The second kappa shape index (κ2) is 19.1. The Morgan fingerprint density at radius 3 is 1.61 bits per heavy atom.